The molecule has 3 aromatic carbocycles. The molecule has 4 aromatic rings. The average molecular weight is 519 g/mol. The van der Waals surface area contributed by atoms with Crippen LogP contribution in [0.25, 0.3) is 11.3 Å². The van der Waals surface area contributed by atoms with E-state index in [9.17, 15) is 0 Å². The molecule has 0 bridgehead atoms. The number of hydrogen-bond acceptors (Lipinski definition) is 3. The van der Waals surface area contributed by atoms with Crippen LogP contribution in [-0.2, 0) is 0 Å². The van der Waals surface area contributed by atoms with Gasteiger partial charge in [-0.05, 0) is 78.1 Å². The Hall–Kier alpha value is -3.85. The number of nitrogens with zero attached hydrogens (tertiary/aromatic N) is 1. The molecule has 0 amide bonds. The van der Waals surface area contributed by atoms with Gasteiger partial charge in [0.1, 0.15) is 5.75 Å². The summed E-state index contributed by atoms with van der Waals surface area (Å²) in [5.41, 5.74) is 10.4. The lowest BCUT2D eigenvalue weighted by molar-refractivity contribution is 0.323. The second-order valence-corrected chi connectivity index (χ2v) is 10.9. The minimum absolute atomic E-state index is 0.0994. The number of pyridine rings is 1. The maximum atomic E-state index is 6.08. The Bertz CT molecular complexity index is 1380. The van der Waals surface area contributed by atoms with E-state index in [1.165, 1.54) is 27.9 Å². The molecule has 0 aliphatic rings. The van der Waals surface area contributed by atoms with Crippen molar-refractivity contribution in [1.29, 1.82) is 0 Å². The van der Waals surface area contributed by atoms with Gasteiger partial charge >= 0.3 is 0 Å². The molecule has 4 rings (SSSR count). The molecule has 39 heavy (non-hydrogen) atoms. The van der Waals surface area contributed by atoms with Gasteiger partial charge in [-0.3, -0.25) is 4.98 Å². The van der Waals surface area contributed by atoms with E-state index in [1.54, 1.807) is 0 Å². The fraction of sp³-hybridized carbons (Fsp3) is 0.306. The second-order valence-electron chi connectivity index (χ2n) is 10.9. The second kappa shape index (κ2) is 12.8. The van der Waals surface area contributed by atoms with Gasteiger partial charge in [0, 0.05) is 11.3 Å². The molecule has 1 N–H and O–H groups in total. The fourth-order valence-electron chi connectivity index (χ4n) is 5.11. The van der Waals surface area contributed by atoms with Crippen molar-refractivity contribution in [2.45, 2.75) is 65.8 Å². The van der Waals surface area contributed by atoms with Crippen LogP contribution in [-0.4, -0.2) is 11.6 Å². The van der Waals surface area contributed by atoms with Crippen LogP contribution >= 0.6 is 0 Å². The van der Waals surface area contributed by atoms with Gasteiger partial charge in [0.15, 0.2) is 0 Å². The van der Waals surface area contributed by atoms with Crippen LogP contribution in [0.2, 0.25) is 0 Å². The summed E-state index contributed by atoms with van der Waals surface area (Å²) in [5.74, 6) is 1.70. The van der Waals surface area contributed by atoms with E-state index >= 15 is 0 Å². The summed E-state index contributed by atoms with van der Waals surface area (Å²) in [5, 5.41) is 3.96. The SMILES string of the molecule is C=CCCOc1cc(-c2cccc(C(Nc3c(C(C)C)cccc3C(C)C)c3ccccc3)n2)c(C)cc1C. The van der Waals surface area contributed by atoms with Gasteiger partial charge < -0.3 is 10.1 Å². The van der Waals surface area contributed by atoms with Crippen molar-refractivity contribution in [2.75, 3.05) is 11.9 Å². The molecule has 0 fully saturated rings. The topological polar surface area (TPSA) is 34.1 Å². The van der Waals surface area contributed by atoms with Crippen molar-refractivity contribution in [3.8, 4) is 17.0 Å². The number of benzene rings is 3. The third-order valence-electron chi connectivity index (χ3n) is 7.24. The third kappa shape index (κ3) is 6.60. The lowest BCUT2D eigenvalue weighted by Gasteiger charge is -2.27. The monoisotopic (exact) mass is 518 g/mol. The van der Waals surface area contributed by atoms with E-state index in [-0.39, 0.29) is 6.04 Å². The summed E-state index contributed by atoms with van der Waals surface area (Å²) in [6.45, 7) is 17.7. The Morgan fingerprint density at radius 3 is 2.13 bits per heavy atom. The van der Waals surface area contributed by atoms with Gasteiger partial charge in [0.05, 0.1) is 24.0 Å². The first-order valence-corrected chi connectivity index (χ1v) is 14.1. The molecular formula is C36H42N2O. The van der Waals surface area contributed by atoms with E-state index in [1.807, 2.05) is 6.08 Å². The van der Waals surface area contributed by atoms with Crippen molar-refractivity contribution < 1.29 is 4.74 Å². The molecule has 0 radical (unpaired) electrons. The maximum Gasteiger partial charge on any atom is 0.122 e. The van der Waals surface area contributed by atoms with Gasteiger partial charge in [-0.2, -0.15) is 0 Å². The largest absolute Gasteiger partial charge is 0.493 e. The molecule has 3 nitrogen and oxygen atoms in total. The summed E-state index contributed by atoms with van der Waals surface area (Å²) >= 11 is 0. The third-order valence-corrected chi connectivity index (χ3v) is 7.24. The van der Waals surface area contributed by atoms with E-state index in [0.29, 0.717) is 18.4 Å². The van der Waals surface area contributed by atoms with E-state index in [4.69, 9.17) is 9.72 Å². The summed E-state index contributed by atoms with van der Waals surface area (Å²) in [4.78, 5) is 5.26. The van der Waals surface area contributed by atoms with Gasteiger partial charge in [0.2, 0.25) is 0 Å². The average Bonchev–Trinajstić information content (AvgIpc) is 2.93. The summed E-state index contributed by atoms with van der Waals surface area (Å²) in [7, 11) is 0. The minimum Gasteiger partial charge on any atom is -0.493 e. The predicted molar refractivity (Wildman–Crippen MR) is 166 cm³/mol. The first kappa shape index (κ1) is 28.2. The summed E-state index contributed by atoms with van der Waals surface area (Å²) in [6, 6.07) is 27.9. The molecule has 1 heterocycles. The van der Waals surface area contributed by atoms with E-state index < -0.39 is 0 Å². The van der Waals surface area contributed by atoms with Crippen molar-refractivity contribution in [3.05, 3.63) is 125 Å². The number of aryl methyl sites for hydroxylation is 2. The predicted octanol–water partition coefficient (Wildman–Crippen LogP) is 9.77. The molecule has 0 saturated carbocycles. The number of aromatic nitrogens is 1. The van der Waals surface area contributed by atoms with Crippen molar-refractivity contribution >= 4 is 5.69 Å². The van der Waals surface area contributed by atoms with Crippen LogP contribution in [0.1, 0.15) is 85.5 Å². The number of nitrogens with one attached hydrogen (secondary N) is 1. The van der Waals surface area contributed by atoms with Gasteiger partial charge in [-0.25, -0.2) is 0 Å². The highest BCUT2D eigenvalue weighted by atomic mass is 16.5. The van der Waals surface area contributed by atoms with Crippen LogP contribution in [0.15, 0.2) is 91.5 Å². The maximum absolute atomic E-state index is 6.08. The minimum atomic E-state index is -0.0994. The summed E-state index contributed by atoms with van der Waals surface area (Å²) < 4.78 is 6.08. The lowest BCUT2D eigenvalue weighted by atomic mass is 9.91. The normalized spacial score (nSPS) is 12.0. The highest BCUT2D eigenvalue weighted by molar-refractivity contribution is 5.68. The Kier molecular flexibility index (Phi) is 9.24. The van der Waals surface area contributed by atoms with Crippen LogP contribution in [0.5, 0.6) is 5.75 Å². The zero-order valence-corrected chi connectivity index (χ0v) is 24.3. The summed E-state index contributed by atoms with van der Waals surface area (Å²) in [6.07, 6.45) is 2.70. The molecule has 3 heteroatoms. The van der Waals surface area contributed by atoms with Gasteiger partial charge in [0.25, 0.3) is 0 Å². The Morgan fingerprint density at radius 1 is 0.821 bits per heavy atom. The van der Waals surface area contributed by atoms with Crippen molar-refractivity contribution in [2.24, 2.45) is 0 Å². The Labute approximate surface area is 235 Å². The van der Waals surface area contributed by atoms with Crippen LogP contribution < -0.4 is 10.1 Å². The zero-order chi connectivity index (χ0) is 27.9. The smallest absolute Gasteiger partial charge is 0.122 e. The van der Waals surface area contributed by atoms with Crippen LogP contribution in [0.3, 0.4) is 0 Å². The fourth-order valence-corrected chi connectivity index (χ4v) is 5.11. The van der Waals surface area contributed by atoms with Gasteiger partial charge in [-0.1, -0.05) is 94.4 Å². The number of ether oxygens (including phenoxy) is 1. The van der Waals surface area contributed by atoms with Crippen molar-refractivity contribution in [1.82, 2.24) is 4.98 Å². The van der Waals surface area contributed by atoms with Gasteiger partial charge in [-0.15, -0.1) is 6.58 Å². The standard InChI is InChI=1S/C36H42N2O/c1-8-9-21-39-34-23-31(26(6)22-27(34)7)32-19-14-20-33(37-32)35(28-15-11-10-12-16-28)38-36-29(24(2)3)17-13-18-30(36)25(4)5/h8,10-20,22-25,35,38H,1,9,21H2,2-7H3. The lowest BCUT2D eigenvalue weighted by Crippen LogP contribution is -2.17. The Morgan fingerprint density at radius 2 is 1.49 bits per heavy atom. The number of anilines is 1. The molecule has 1 atom stereocenters. The van der Waals surface area contributed by atoms with E-state index in [2.05, 4.69) is 132 Å². The van der Waals surface area contributed by atoms with E-state index in [0.717, 1.165) is 34.7 Å². The first-order valence-electron chi connectivity index (χ1n) is 14.1. The molecule has 0 saturated heterocycles. The highest BCUT2D eigenvalue weighted by Gasteiger charge is 2.22. The number of rotatable bonds is 11. The number of hydrogen-bond donors (Lipinski definition) is 1. The van der Waals surface area contributed by atoms with Crippen LogP contribution in [0.4, 0.5) is 5.69 Å². The quantitative estimate of drug-likeness (QED) is 0.158. The number of para-hydroxylation sites is 1. The first-order chi connectivity index (χ1) is 18.8. The molecule has 1 unspecified atom stereocenters. The highest BCUT2D eigenvalue weighted by Crippen LogP contribution is 2.37. The molecular weight excluding hydrogens is 476 g/mol. The molecule has 0 aliphatic heterocycles. The molecule has 202 valence electrons. The van der Waals surface area contributed by atoms with Crippen LogP contribution in [0, 0.1) is 13.8 Å². The molecule has 0 spiro atoms. The molecule has 0 aliphatic carbocycles. The zero-order valence-electron chi connectivity index (χ0n) is 24.3. The molecule has 1 aromatic heterocycles. The Balaban J connectivity index is 1.81. The van der Waals surface area contributed by atoms with Crippen molar-refractivity contribution in [3.63, 3.8) is 0 Å².